The Balaban J connectivity index is 1.72. The van der Waals surface area contributed by atoms with E-state index in [1.807, 2.05) is 32.0 Å². The molecule has 0 saturated heterocycles. The summed E-state index contributed by atoms with van der Waals surface area (Å²) >= 11 is 16.0. The van der Waals surface area contributed by atoms with Crippen LogP contribution >= 0.6 is 39.1 Å². The third kappa shape index (κ3) is 6.02. The van der Waals surface area contributed by atoms with Crippen LogP contribution in [0, 0.1) is 0 Å². The van der Waals surface area contributed by atoms with E-state index in [4.69, 9.17) is 37.4 Å². The van der Waals surface area contributed by atoms with Crippen molar-refractivity contribution in [3.05, 3.63) is 67.2 Å². The van der Waals surface area contributed by atoms with E-state index in [1.165, 1.54) is 0 Å². The Morgan fingerprint density at radius 3 is 2.73 bits per heavy atom. The summed E-state index contributed by atoms with van der Waals surface area (Å²) in [6, 6.07) is 8.27. The summed E-state index contributed by atoms with van der Waals surface area (Å²) < 4.78 is 19.8. The molecule has 0 saturated carbocycles. The topological polar surface area (TPSA) is 100 Å². The Bertz CT molecular complexity index is 1330. The molecule has 0 bridgehead atoms. The highest BCUT2D eigenvalue weighted by atomic mass is 79.9. The second-order valence-electron chi connectivity index (χ2n) is 8.29. The van der Waals surface area contributed by atoms with Gasteiger partial charge in [0.1, 0.15) is 12.6 Å². The van der Waals surface area contributed by atoms with Crippen molar-refractivity contribution in [1.82, 2.24) is 20.2 Å². The molecule has 1 unspecified atom stereocenters. The molecule has 0 aliphatic carbocycles. The number of tetrazole rings is 1. The maximum Gasteiger partial charge on any atom is 0.338 e. The summed E-state index contributed by atoms with van der Waals surface area (Å²) in [5.74, 6) is 0.965. The van der Waals surface area contributed by atoms with E-state index in [2.05, 4.69) is 36.8 Å². The number of esters is 1. The number of halogens is 3. The van der Waals surface area contributed by atoms with E-state index >= 15 is 0 Å². The lowest BCUT2D eigenvalue weighted by molar-refractivity contribution is -0.139. The first-order chi connectivity index (χ1) is 17.8. The summed E-state index contributed by atoms with van der Waals surface area (Å²) in [7, 11) is 0. The van der Waals surface area contributed by atoms with Crippen LogP contribution in [-0.4, -0.2) is 39.4 Å². The molecule has 0 radical (unpaired) electrons. The predicted molar refractivity (Wildman–Crippen MR) is 144 cm³/mol. The lowest BCUT2D eigenvalue weighted by atomic mass is 9.95. The maximum absolute atomic E-state index is 13.2. The Labute approximate surface area is 233 Å². The number of ether oxygens (including phenoxy) is 3. The Morgan fingerprint density at radius 2 is 2.00 bits per heavy atom. The molecule has 4 rings (SSSR count). The molecule has 0 spiro atoms. The van der Waals surface area contributed by atoms with E-state index in [0.29, 0.717) is 62.0 Å². The molecule has 1 atom stereocenters. The van der Waals surface area contributed by atoms with Gasteiger partial charge in [-0.2, -0.15) is 4.68 Å². The van der Waals surface area contributed by atoms with Gasteiger partial charge in [0, 0.05) is 21.3 Å². The first kappa shape index (κ1) is 27.2. The molecule has 2 aromatic carbocycles. The third-order valence-electron chi connectivity index (χ3n) is 5.70. The number of hydrogen-bond acceptors (Lipinski definition) is 8. The molecule has 2 heterocycles. The summed E-state index contributed by atoms with van der Waals surface area (Å²) in [5, 5.41) is 16.1. The largest absolute Gasteiger partial charge is 0.490 e. The van der Waals surface area contributed by atoms with Gasteiger partial charge in [0.05, 0.1) is 23.3 Å². The predicted octanol–water partition coefficient (Wildman–Crippen LogP) is 6.35. The molecule has 37 heavy (non-hydrogen) atoms. The van der Waals surface area contributed by atoms with Gasteiger partial charge in [0.2, 0.25) is 5.95 Å². The van der Waals surface area contributed by atoms with Crippen LogP contribution in [0.5, 0.6) is 11.5 Å². The van der Waals surface area contributed by atoms with Crippen LogP contribution in [0.15, 0.2) is 46.1 Å². The van der Waals surface area contributed by atoms with E-state index in [0.717, 1.165) is 18.4 Å². The first-order valence-corrected chi connectivity index (χ1v) is 13.3. The molecule has 196 valence electrons. The number of unbranched alkanes of at least 4 members (excludes halogenated alkanes) is 1. The zero-order valence-electron chi connectivity index (χ0n) is 20.6. The van der Waals surface area contributed by atoms with Crippen LogP contribution < -0.4 is 14.8 Å². The van der Waals surface area contributed by atoms with E-state index in [9.17, 15) is 4.79 Å². The smallest absolute Gasteiger partial charge is 0.338 e. The van der Waals surface area contributed by atoms with Crippen LogP contribution in [-0.2, 0) is 16.1 Å². The number of hydrogen-bond donors (Lipinski definition) is 1. The fourth-order valence-electron chi connectivity index (χ4n) is 3.91. The van der Waals surface area contributed by atoms with Gasteiger partial charge >= 0.3 is 5.97 Å². The Hall–Kier alpha value is -2.82. The van der Waals surface area contributed by atoms with Gasteiger partial charge in [0.15, 0.2) is 11.5 Å². The van der Waals surface area contributed by atoms with Gasteiger partial charge < -0.3 is 19.5 Å². The summed E-state index contributed by atoms with van der Waals surface area (Å²) in [5.41, 5.74) is 2.51. The lowest BCUT2D eigenvalue weighted by Gasteiger charge is -2.28. The van der Waals surface area contributed by atoms with Crippen LogP contribution in [0.25, 0.3) is 0 Å². The fourth-order valence-corrected chi connectivity index (χ4v) is 4.95. The molecule has 1 N–H and O–H groups in total. The average Bonchev–Trinajstić information content (AvgIpc) is 3.32. The number of benzene rings is 2. The second-order valence-corrected chi connectivity index (χ2v) is 9.99. The number of anilines is 1. The number of carbonyl (C=O) groups is 1. The van der Waals surface area contributed by atoms with Crippen molar-refractivity contribution >= 4 is 51.0 Å². The Kier molecular flexibility index (Phi) is 8.94. The van der Waals surface area contributed by atoms with Crippen molar-refractivity contribution in [3.8, 4) is 11.5 Å². The summed E-state index contributed by atoms with van der Waals surface area (Å²) in [6.07, 6.45) is 1.69. The minimum absolute atomic E-state index is 0.201. The number of fused-ring (bicyclic) bond motifs is 1. The summed E-state index contributed by atoms with van der Waals surface area (Å²) in [4.78, 5) is 13.2. The van der Waals surface area contributed by atoms with Gasteiger partial charge in [-0.1, -0.05) is 47.7 Å². The zero-order chi connectivity index (χ0) is 26.5. The molecule has 1 aliphatic heterocycles. The maximum atomic E-state index is 13.2. The van der Waals surface area contributed by atoms with Crippen molar-refractivity contribution in [1.29, 1.82) is 0 Å². The number of nitrogens with one attached hydrogen (secondary N) is 1. The fraction of sp³-hybridized carbons (Fsp3) is 0.360. The van der Waals surface area contributed by atoms with Gasteiger partial charge in [-0.25, -0.2) is 4.79 Å². The molecule has 9 nitrogen and oxygen atoms in total. The van der Waals surface area contributed by atoms with Crippen molar-refractivity contribution in [2.75, 3.05) is 18.5 Å². The van der Waals surface area contributed by atoms with Crippen LogP contribution in [0.1, 0.15) is 50.8 Å². The number of allylic oxidation sites excluding steroid dienone is 1. The normalized spacial score (nSPS) is 14.7. The number of rotatable bonds is 10. The van der Waals surface area contributed by atoms with Gasteiger partial charge in [0.25, 0.3) is 0 Å². The zero-order valence-corrected chi connectivity index (χ0v) is 23.7. The molecule has 1 aromatic heterocycles. The van der Waals surface area contributed by atoms with E-state index in [1.54, 1.807) is 23.7 Å². The van der Waals surface area contributed by atoms with Crippen molar-refractivity contribution in [2.24, 2.45) is 0 Å². The van der Waals surface area contributed by atoms with Crippen LogP contribution in [0.3, 0.4) is 0 Å². The van der Waals surface area contributed by atoms with E-state index < -0.39 is 12.0 Å². The van der Waals surface area contributed by atoms with Crippen molar-refractivity contribution in [3.63, 3.8) is 0 Å². The van der Waals surface area contributed by atoms with Gasteiger partial charge in [-0.15, -0.1) is 0 Å². The molecule has 1 aliphatic rings. The average molecular weight is 611 g/mol. The number of carbonyl (C=O) groups excluding carboxylic acids is 1. The molecule has 12 heteroatoms. The van der Waals surface area contributed by atoms with Crippen LogP contribution in [0.2, 0.25) is 10.0 Å². The van der Waals surface area contributed by atoms with E-state index in [-0.39, 0.29) is 6.61 Å². The highest BCUT2D eigenvalue weighted by molar-refractivity contribution is 9.10. The molecular weight excluding hydrogens is 585 g/mol. The SMILES string of the molecule is CCCCOC(=O)C1=C(C)Nc2nnnn2C1c1cc(Br)c(OCc2ccc(Cl)cc2Cl)c(OCC)c1. The molecule has 0 fully saturated rings. The first-order valence-electron chi connectivity index (χ1n) is 11.8. The quantitative estimate of drug-likeness (QED) is 0.209. The molecule has 3 aromatic rings. The highest BCUT2D eigenvalue weighted by Gasteiger charge is 2.36. The Morgan fingerprint density at radius 1 is 1.19 bits per heavy atom. The van der Waals surface area contributed by atoms with Crippen molar-refractivity contribution in [2.45, 2.75) is 46.3 Å². The van der Waals surface area contributed by atoms with Gasteiger partial charge in [-0.3, -0.25) is 0 Å². The lowest BCUT2D eigenvalue weighted by Crippen LogP contribution is -2.30. The molecular formula is C25H26BrCl2N5O4. The minimum atomic E-state index is -0.643. The minimum Gasteiger partial charge on any atom is -0.490 e. The second kappa shape index (κ2) is 12.1. The third-order valence-corrected chi connectivity index (χ3v) is 6.88. The highest BCUT2D eigenvalue weighted by Crippen LogP contribution is 2.43. The van der Waals surface area contributed by atoms with Gasteiger partial charge in [-0.05, 0) is 76.5 Å². The van der Waals surface area contributed by atoms with Crippen LogP contribution in [0.4, 0.5) is 5.95 Å². The van der Waals surface area contributed by atoms with Crippen molar-refractivity contribution < 1.29 is 19.0 Å². The number of nitrogens with zero attached hydrogens (tertiary/aromatic N) is 4. The standard InChI is InChI=1S/C25H26BrCl2N5O4/c1-4-6-9-36-24(34)21-14(3)29-25-30-31-32-33(25)22(21)16-10-18(26)23(20(11-16)35-5-2)37-13-15-7-8-17(27)12-19(15)28/h7-8,10-12,22H,4-6,9,13H2,1-3H3,(H,29,30,32). The monoisotopic (exact) mass is 609 g/mol. The number of aromatic nitrogens is 4. The summed E-state index contributed by atoms with van der Waals surface area (Å²) in [6.45, 7) is 6.64. The molecule has 0 amide bonds.